The van der Waals surface area contributed by atoms with Gasteiger partial charge in [-0.1, -0.05) is 19.3 Å². The number of carbonyl (C=O) groups is 1. The molecular weight excluding hydrogens is 326 g/mol. The van der Waals surface area contributed by atoms with Gasteiger partial charge < -0.3 is 16.0 Å². The lowest BCUT2D eigenvalue weighted by Gasteiger charge is -2.23. The van der Waals surface area contributed by atoms with Crippen molar-refractivity contribution in [3.05, 3.63) is 35.4 Å². The molecule has 0 heterocycles. The number of guanidine groups is 1. The molecule has 0 radical (unpaired) electrons. The van der Waals surface area contributed by atoms with E-state index in [-0.39, 0.29) is 30.6 Å². The summed E-state index contributed by atoms with van der Waals surface area (Å²) in [5, 5.41) is 8.93. The molecule has 0 aliphatic heterocycles. The number of amides is 1. The molecule has 0 atom stereocenters. The number of halogens is 2. The van der Waals surface area contributed by atoms with Gasteiger partial charge in [0.1, 0.15) is 11.6 Å². The summed E-state index contributed by atoms with van der Waals surface area (Å²) in [6.07, 6.45) is 5.60. The van der Waals surface area contributed by atoms with Crippen molar-refractivity contribution in [2.75, 3.05) is 13.1 Å². The number of hydrogen-bond acceptors (Lipinski definition) is 2. The van der Waals surface area contributed by atoms with Gasteiger partial charge in [0.15, 0.2) is 5.96 Å². The van der Waals surface area contributed by atoms with E-state index in [1.54, 1.807) is 0 Å². The molecule has 1 aliphatic rings. The number of rotatable bonds is 6. The van der Waals surface area contributed by atoms with E-state index in [0.29, 0.717) is 12.5 Å². The van der Waals surface area contributed by atoms with Crippen molar-refractivity contribution >= 4 is 11.9 Å². The summed E-state index contributed by atoms with van der Waals surface area (Å²) < 4.78 is 26.8. The second kappa shape index (κ2) is 9.96. The van der Waals surface area contributed by atoms with E-state index in [2.05, 4.69) is 20.9 Å². The molecule has 1 saturated carbocycles. The zero-order valence-corrected chi connectivity index (χ0v) is 14.6. The maximum atomic E-state index is 13.6. The first kappa shape index (κ1) is 19.1. The van der Waals surface area contributed by atoms with Crippen LogP contribution in [0.5, 0.6) is 0 Å². The fourth-order valence-corrected chi connectivity index (χ4v) is 2.86. The van der Waals surface area contributed by atoms with Gasteiger partial charge >= 0.3 is 0 Å². The Morgan fingerprint density at radius 2 is 1.96 bits per heavy atom. The highest BCUT2D eigenvalue weighted by atomic mass is 19.1. The van der Waals surface area contributed by atoms with Crippen molar-refractivity contribution in [2.24, 2.45) is 4.99 Å². The Morgan fingerprint density at radius 1 is 1.20 bits per heavy atom. The highest BCUT2D eigenvalue weighted by molar-refractivity contribution is 5.86. The van der Waals surface area contributed by atoms with Gasteiger partial charge in [-0.2, -0.15) is 0 Å². The minimum absolute atomic E-state index is 0.0107. The topological polar surface area (TPSA) is 65.5 Å². The predicted molar refractivity (Wildman–Crippen MR) is 94.2 cm³/mol. The zero-order chi connectivity index (χ0) is 18.1. The number of hydrogen-bond donors (Lipinski definition) is 3. The van der Waals surface area contributed by atoms with Crippen molar-refractivity contribution in [3.63, 3.8) is 0 Å². The number of aliphatic imine (C=N–C) groups is 1. The van der Waals surface area contributed by atoms with Crippen molar-refractivity contribution in [3.8, 4) is 0 Å². The fraction of sp³-hybridized carbons (Fsp3) is 0.556. The van der Waals surface area contributed by atoms with Gasteiger partial charge in [0, 0.05) is 18.2 Å². The summed E-state index contributed by atoms with van der Waals surface area (Å²) in [6.45, 7) is 2.57. The van der Waals surface area contributed by atoms with E-state index < -0.39 is 11.6 Å². The lowest BCUT2D eigenvalue weighted by atomic mass is 9.95. The Bertz CT molecular complexity index is 601. The van der Waals surface area contributed by atoms with E-state index in [0.717, 1.165) is 43.9 Å². The third kappa shape index (κ3) is 6.68. The summed E-state index contributed by atoms with van der Waals surface area (Å²) in [6, 6.07) is 3.53. The third-order valence-corrected chi connectivity index (χ3v) is 4.15. The van der Waals surface area contributed by atoms with Gasteiger partial charge in [-0.3, -0.25) is 4.79 Å². The van der Waals surface area contributed by atoms with Crippen LogP contribution in [0.4, 0.5) is 8.78 Å². The molecule has 3 N–H and O–H groups in total. The number of carbonyl (C=O) groups excluding carboxylic acids is 1. The summed E-state index contributed by atoms with van der Waals surface area (Å²) in [5.74, 6) is -0.702. The van der Waals surface area contributed by atoms with Crippen LogP contribution in [0.2, 0.25) is 0 Å². The first-order chi connectivity index (χ1) is 12.1. The molecular formula is C18H26F2N4O. The average Bonchev–Trinajstić information content (AvgIpc) is 2.61. The summed E-state index contributed by atoms with van der Waals surface area (Å²) in [4.78, 5) is 16.2. The van der Waals surface area contributed by atoms with Crippen molar-refractivity contribution in [1.82, 2.24) is 16.0 Å². The van der Waals surface area contributed by atoms with Crippen LogP contribution >= 0.6 is 0 Å². The zero-order valence-electron chi connectivity index (χ0n) is 14.6. The standard InChI is InChI=1S/C18H26F2N4O/c1-2-21-18(22-11-13-10-14(19)8-9-16(13)20)23-12-17(25)24-15-6-4-3-5-7-15/h8-10,15H,2-7,11-12H2,1H3,(H,24,25)(H2,21,22,23). The fourth-order valence-electron chi connectivity index (χ4n) is 2.86. The first-order valence-corrected chi connectivity index (χ1v) is 8.84. The summed E-state index contributed by atoms with van der Waals surface area (Å²) in [5.41, 5.74) is 0.170. The van der Waals surface area contributed by atoms with E-state index in [4.69, 9.17) is 0 Å². The third-order valence-electron chi connectivity index (χ3n) is 4.15. The van der Waals surface area contributed by atoms with Crippen LogP contribution in [0.15, 0.2) is 23.2 Å². The molecule has 0 bridgehead atoms. The van der Waals surface area contributed by atoms with Crippen LogP contribution in [0, 0.1) is 11.6 Å². The molecule has 1 aromatic carbocycles. The maximum absolute atomic E-state index is 13.6. The molecule has 0 aromatic heterocycles. The Morgan fingerprint density at radius 3 is 2.68 bits per heavy atom. The normalized spacial score (nSPS) is 15.7. The van der Waals surface area contributed by atoms with Gasteiger partial charge in [-0.05, 0) is 38.0 Å². The summed E-state index contributed by atoms with van der Waals surface area (Å²) in [7, 11) is 0. The number of nitrogens with zero attached hydrogens (tertiary/aromatic N) is 1. The molecule has 0 spiro atoms. The Kier molecular flexibility index (Phi) is 7.63. The van der Waals surface area contributed by atoms with Crippen LogP contribution in [-0.2, 0) is 11.3 Å². The highest BCUT2D eigenvalue weighted by Gasteiger charge is 2.15. The smallest absolute Gasteiger partial charge is 0.239 e. The van der Waals surface area contributed by atoms with Gasteiger partial charge in [0.2, 0.25) is 5.91 Å². The SMILES string of the molecule is CCNC(=NCc1cc(F)ccc1F)NCC(=O)NC1CCCCC1. The Balaban J connectivity index is 1.86. The van der Waals surface area contributed by atoms with Crippen molar-refractivity contribution in [2.45, 2.75) is 51.6 Å². The van der Waals surface area contributed by atoms with Gasteiger partial charge in [0.05, 0.1) is 13.1 Å². The molecule has 7 heteroatoms. The molecule has 1 aromatic rings. The summed E-state index contributed by atoms with van der Waals surface area (Å²) >= 11 is 0. The monoisotopic (exact) mass is 352 g/mol. The van der Waals surface area contributed by atoms with Gasteiger partial charge in [0.25, 0.3) is 0 Å². The first-order valence-electron chi connectivity index (χ1n) is 8.84. The van der Waals surface area contributed by atoms with Crippen molar-refractivity contribution in [1.29, 1.82) is 0 Å². The lowest BCUT2D eigenvalue weighted by molar-refractivity contribution is -0.120. The molecule has 1 aliphatic carbocycles. The number of nitrogens with one attached hydrogen (secondary N) is 3. The largest absolute Gasteiger partial charge is 0.357 e. The molecule has 1 amide bonds. The Labute approximate surface area is 147 Å². The molecule has 2 rings (SSSR count). The second-order valence-electron chi connectivity index (χ2n) is 6.19. The molecule has 5 nitrogen and oxygen atoms in total. The van der Waals surface area contributed by atoms with E-state index in [1.165, 1.54) is 6.42 Å². The molecule has 0 saturated heterocycles. The van der Waals surface area contributed by atoms with Crippen LogP contribution in [0.3, 0.4) is 0 Å². The molecule has 0 unspecified atom stereocenters. The van der Waals surface area contributed by atoms with Crippen LogP contribution in [-0.4, -0.2) is 31.0 Å². The maximum Gasteiger partial charge on any atom is 0.239 e. The van der Waals surface area contributed by atoms with E-state index in [9.17, 15) is 13.6 Å². The molecule has 25 heavy (non-hydrogen) atoms. The van der Waals surface area contributed by atoms with Crippen molar-refractivity contribution < 1.29 is 13.6 Å². The molecule has 138 valence electrons. The predicted octanol–water partition coefficient (Wildman–Crippen LogP) is 2.47. The van der Waals surface area contributed by atoms with Gasteiger partial charge in [-0.25, -0.2) is 13.8 Å². The highest BCUT2D eigenvalue weighted by Crippen LogP contribution is 2.17. The minimum Gasteiger partial charge on any atom is -0.357 e. The van der Waals surface area contributed by atoms with Crippen LogP contribution in [0.1, 0.15) is 44.6 Å². The van der Waals surface area contributed by atoms with E-state index >= 15 is 0 Å². The average molecular weight is 352 g/mol. The quantitative estimate of drug-likeness (QED) is 0.544. The van der Waals surface area contributed by atoms with Crippen LogP contribution in [0.25, 0.3) is 0 Å². The van der Waals surface area contributed by atoms with Gasteiger partial charge in [-0.15, -0.1) is 0 Å². The number of benzene rings is 1. The van der Waals surface area contributed by atoms with Crippen LogP contribution < -0.4 is 16.0 Å². The second-order valence-corrected chi connectivity index (χ2v) is 6.19. The Hall–Kier alpha value is -2.18. The lowest BCUT2D eigenvalue weighted by Crippen LogP contribution is -2.46. The molecule has 1 fully saturated rings. The van der Waals surface area contributed by atoms with E-state index in [1.807, 2.05) is 6.92 Å². The minimum atomic E-state index is -0.504.